The number of hydrogen-bond acceptors (Lipinski definition) is 3. The van der Waals surface area contributed by atoms with Crippen molar-refractivity contribution in [2.45, 2.75) is 44.9 Å². The van der Waals surface area contributed by atoms with E-state index >= 15 is 0 Å². The van der Waals surface area contributed by atoms with E-state index < -0.39 is 0 Å². The summed E-state index contributed by atoms with van der Waals surface area (Å²) in [6.07, 6.45) is 8.19. The fourth-order valence-electron chi connectivity index (χ4n) is 2.39. The fraction of sp³-hybridized carbons (Fsp3) is 0.500. The second-order valence-corrected chi connectivity index (χ2v) is 5.72. The molecule has 4 nitrogen and oxygen atoms in total. The highest BCUT2D eigenvalue weighted by molar-refractivity contribution is 6.33. The number of hydrogen-bond donors (Lipinski definition) is 2. The van der Waals surface area contributed by atoms with Gasteiger partial charge in [-0.1, -0.05) is 43.0 Å². The van der Waals surface area contributed by atoms with Crippen molar-refractivity contribution in [3.63, 3.8) is 0 Å². The molecule has 0 atom stereocenters. The molecule has 2 rings (SSSR count). The van der Waals surface area contributed by atoms with E-state index in [0.717, 1.165) is 24.2 Å². The average Bonchev–Trinajstić information content (AvgIpc) is 2.45. The second-order valence-electron chi connectivity index (χ2n) is 5.31. The Kier molecular flexibility index (Phi) is 6.54. The molecule has 1 fully saturated rings. The van der Waals surface area contributed by atoms with Crippen LogP contribution in [0.25, 0.3) is 0 Å². The summed E-state index contributed by atoms with van der Waals surface area (Å²) in [6.45, 7) is 0.167. The van der Waals surface area contributed by atoms with E-state index in [9.17, 15) is 4.79 Å². The molecular weight excluding hydrogens is 286 g/mol. The lowest BCUT2D eigenvalue weighted by atomic mass is 9.99. The van der Waals surface area contributed by atoms with Crippen LogP contribution >= 0.6 is 11.6 Å². The van der Waals surface area contributed by atoms with E-state index in [1.165, 1.54) is 32.1 Å². The second kappa shape index (κ2) is 8.67. The van der Waals surface area contributed by atoms with Crippen molar-refractivity contribution >= 4 is 28.9 Å². The third-order valence-corrected chi connectivity index (χ3v) is 3.91. The van der Waals surface area contributed by atoms with Crippen LogP contribution in [0.1, 0.15) is 44.9 Å². The van der Waals surface area contributed by atoms with Crippen LogP contribution in [0.3, 0.4) is 0 Å². The third-order valence-electron chi connectivity index (χ3n) is 3.58. The molecule has 1 aromatic carbocycles. The first-order chi connectivity index (χ1) is 10.3. The minimum atomic E-state index is -0.149. The highest BCUT2D eigenvalue weighted by Gasteiger charge is 2.06. The molecule has 0 bridgehead atoms. The molecule has 0 unspecified atom stereocenters. The van der Waals surface area contributed by atoms with Crippen LogP contribution in [0.2, 0.25) is 5.02 Å². The Bertz CT molecular complexity index is 492. The van der Waals surface area contributed by atoms with Crippen molar-refractivity contribution in [1.29, 1.82) is 0 Å². The summed E-state index contributed by atoms with van der Waals surface area (Å²) in [5.41, 5.74) is 4.50. The summed E-state index contributed by atoms with van der Waals surface area (Å²) < 4.78 is 0. The van der Waals surface area contributed by atoms with Gasteiger partial charge in [0.15, 0.2) is 0 Å². The standard InChI is InChI=1S/C16H22ClN3O/c17-14-10-6-7-11-15(14)18-12-16(21)20-19-13-8-4-2-1-3-5-9-13/h6-7,10-11,18H,1-5,8-9,12H2,(H,20,21). The van der Waals surface area contributed by atoms with Crippen molar-refractivity contribution in [3.8, 4) is 0 Å². The maximum Gasteiger partial charge on any atom is 0.259 e. The maximum absolute atomic E-state index is 11.8. The van der Waals surface area contributed by atoms with Gasteiger partial charge in [-0.05, 0) is 37.8 Å². The SMILES string of the molecule is O=C(CNc1ccccc1Cl)NN=C1CCCCCCC1. The molecule has 1 aromatic rings. The summed E-state index contributed by atoms with van der Waals surface area (Å²) in [5.74, 6) is -0.149. The summed E-state index contributed by atoms with van der Waals surface area (Å²) in [4.78, 5) is 11.8. The molecular formula is C16H22ClN3O. The molecule has 2 N–H and O–H groups in total. The Morgan fingerprint density at radius 3 is 2.48 bits per heavy atom. The zero-order chi connectivity index (χ0) is 14.9. The molecule has 0 radical (unpaired) electrons. The number of para-hydroxylation sites is 1. The van der Waals surface area contributed by atoms with Crippen LogP contribution in [0.4, 0.5) is 5.69 Å². The van der Waals surface area contributed by atoms with Gasteiger partial charge < -0.3 is 5.32 Å². The lowest BCUT2D eigenvalue weighted by Crippen LogP contribution is -2.27. The van der Waals surface area contributed by atoms with Gasteiger partial charge in [-0.2, -0.15) is 5.10 Å². The van der Waals surface area contributed by atoms with E-state index in [1.54, 1.807) is 6.07 Å². The topological polar surface area (TPSA) is 53.5 Å². The summed E-state index contributed by atoms with van der Waals surface area (Å²) >= 11 is 6.02. The lowest BCUT2D eigenvalue weighted by molar-refractivity contribution is -0.119. The van der Waals surface area contributed by atoms with Crippen LogP contribution in [0.5, 0.6) is 0 Å². The van der Waals surface area contributed by atoms with Gasteiger partial charge in [0.1, 0.15) is 0 Å². The van der Waals surface area contributed by atoms with E-state index in [0.29, 0.717) is 5.02 Å². The number of anilines is 1. The maximum atomic E-state index is 11.8. The van der Waals surface area contributed by atoms with Crippen molar-refractivity contribution in [1.82, 2.24) is 5.43 Å². The zero-order valence-electron chi connectivity index (χ0n) is 12.2. The minimum absolute atomic E-state index is 0.149. The van der Waals surface area contributed by atoms with Crippen LogP contribution in [-0.4, -0.2) is 18.2 Å². The van der Waals surface area contributed by atoms with E-state index in [4.69, 9.17) is 11.6 Å². The first-order valence-electron chi connectivity index (χ1n) is 7.58. The van der Waals surface area contributed by atoms with Crippen LogP contribution in [0.15, 0.2) is 29.4 Å². The molecule has 0 heterocycles. The van der Waals surface area contributed by atoms with Gasteiger partial charge in [0, 0.05) is 5.71 Å². The third kappa shape index (κ3) is 5.76. The van der Waals surface area contributed by atoms with Gasteiger partial charge in [0.25, 0.3) is 5.91 Å². The largest absolute Gasteiger partial charge is 0.375 e. The number of halogens is 1. The predicted octanol–water partition coefficient (Wildman–Crippen LogP) is 3.97. The number of rotatable bonds is 4. The molecule has 1 amide bonds. The quantitative estimate of drug-likeness (QED) is 0.827. The van der Waals surface area contributed by atoms with Gasteiger partial charge >= 0.3 is 0 Å². The van der Waals surface area contributed by atoms with E-state index in [2.05, 4.69) is 15.8 Å². The zero-order valence-corrected chi connectivity index (χ0v) is 13.0. The molecule has 5 heteroatoms. The predicted molar refractivity (Wildman–Crippen MR) is 87.8 cm³/mol. The Hall–Kier alpha value is -1.55. The monoisotopic (exact) mass is 307 g/mol. The van der Waals surface area contributed by atoms with E-state index in [1.807, 2.05) is 18.2 Å². The van der Waals surface area contributed by atoms with Crippen molar-refractivity contribution in [2.75, 3.05) is 11.9 Å². The highest BCUT2D eigenvalue weighted by atomic mass is 35.5. The van der Waals surface area contributed by atoms with Crippen molar-refractivity contribution < 1.29 is 4.79 Å². The first-order valence-corrected chi connectivity index (χ1v) is 7.96. The number of nitrogens with one attached hydrogen (secondary N) is 2. The molecule has 0 saturated heterocycles. The number of nitrogens with zero attached hydrogens (tertiary/aromatic N) is 1. The fourth-order valence-corrected chi connectivity index (χ4v) is 2.59. The number of hydrazone groups is 1. The lowest BCUT2D eigenvalue weighted by Gasteiger charge is -2.11. The van der Waals surface area contributed by atoms with Crippen molar-refractivity contribution in [2.24, 2.45) is 5.10 Å². The first kappa shape index (κ1) is 15.8. The Balaban J connectivity index is 1.77. The number of amides is 1. The van der Waals surface area contributed by atoms with Crippen LogP contribution in [-0.2, 0) is 4.79 Å². The summed E-state index contributed by atoms with van der Waals surface area (Å²) in [7, 11) is 0. The van der Waals surface area contributed by atoms with Gasteiger partial charge in [0.2, 0.25) is 0 Å². The van der Waals surface area contributed by atoms with Gasteiger partial charge in [0.05, 0.1) is 17.3 Å². The van der Waals surface area contributed by atoms with Crippen LogP contribution in [0, 0.1) is 0 Å². The van der Waals surface area contributed by atoms with Gasteiger partial charge in [-0.25, -0.2) is 5.43 Å². The Morgan fingerprint density at radius 1 is 1.10 bits per heavy atom. The van der Waals surface area contributed by atoms with Crippen LogP contribution < -0.4 is 10.7 Å². The normalized spacial score (nSPS) is 15.8. The molecule has 1 aliphatic rings. The van der Waals surface area contributed by atoms with Gasteiger partial charge in [-0.3, -0.25) is 4.79 Å². The number of carbonyl (C=O) groups excluding carboxylic acids is 1. The molecule has 114 valence electrons. The highest BCUT2D eigenvalue weighted by Crippen LogP contribution is 2.19. The number of carbonyl (C=O) groups is 1. The molecule has 0 spiro atoms. The van der Waals surface area contributed by atoms with E-state index in [-0.39, 0.29) is 12.5 Å². The number of benzene rings is 1. The van der Waals surface area contributed by atoms with Crippen molar-refractivity contribution in [3.05, 3.63) is 29.3 Å². The molecule has 1 aliphatic carbocycles. The summed E-state index contributed by atoms with van der Waals surface area (Å²) in [5, 5.41) is 7.88. The molecule has 0 aliphatic heterocycles. The smallest absolute Gasteiger partial charge is 0.259 e. The van der Waals surface area contributed by atoms with Gasteiger partial charge in [-0.15, -0.1) is 0 Å². The Labute approximate surface area is 131 Å². The summed E-state index contributed by atoms with van der Waals surface area (Å²) in [6, 6.07) is 7.36. The minimum Gasteiger partial charge on any atom is -0.375 e. The Morgan fingerprint density at radius 2 is 1.76 bits per heavy atom. The molecule has 0 aromatic heterocycles. The molecule has 1 saturated carbocycles. The average molecular weight is 308 g/mol. The molecule has 21 heavy (non-hydrogen) atoms.